The molecule has 0 unspecified atom stereocenters. The van der Waals surface area contributed by atoms with Gasteiger partial charge in [0.2, 0.25) is 0 Å². The van der Waals surface area contributed by atoms with Crippen LogP contribution in [0.2, 0.25) is 0 Å². The summed E-state index contributed by atoms with van der Waals surface area (Å²) in [6, 6.07) is 20.4. The first-order valence-electron chi connectivity index (χ1n) is 14.7. The summed E-state index contributed by atoms with van der Waals surface area (Å²) in [5, 5.41) is 14.2. The van der Waals surface area contributed by atoms with Crippen molar-refractivity contribution in [3.63, 3.8) is 0 Å². The lowest BCUT2D eigenvalue weighted by atomic mass is 9.85. The number of nitrogens with zero attached hydrogens (tertiary/aromatic N) is 1. The predicted molar refractivity (Wildman–Crippen MR) is 159 cm³/mol. The van der Waals surface area contributed by atoms with Crippen LogP contribution in [-0.4, -0.2) is 77.0 Å². The predicted octanol–water partition coefficient (Wildman–Crippen LogP) is 4.29. The Morgan fingerprint density at radius 1 is 0.976 bits per heavy atom. The van der Waals surface area contributed by atoms with Crippen LogP contribution in [0.1, 0.15) is 29.0 Å². The average Bonchev–Trinajstić information content (AvgIpc) is 3.00. The van der Waals surface area contributed by atoms with Gasteiger partial charge in [0.05, 0.1) is 44.3 Å². The van der Waals surface area contributed by atoms with E-state index in [1.807, 2.05) is 42.5 Å². The molecule has 0 saturated carbocycles. The van der Waals surface area contributed by atoms with Crippen molar-refractivity contribution >= 4 is 5.69 Å². The van der Waals surface area contributed by atoms with E-state index in [1.165, 1.54) is 12.1 Å². The second-order valence-electron chi connectivity index (χ2n) is 10.7. The fourth-order valence-corrected chi connectivity index (χ4v) is 5.54. The second-order valence-corrected chi connectivity index (χ2v) is 10.7. The molecule has 8 nitrogen and oxygen atoms in total. The van der Waals surface area contributed by atoms with E-state index in [9.17, 15) is 9.50 Å². The van der Waals surface area contributed by atoms with E-state index in [4.69, 9.17) is 23.7 Å². The number of hydrogen-bond acceptors (Lipinski definition) is 8. The summed E-state index contributed by atoms with van der Waals surface area (Å²) in [7, 11) is 1.73. The number of ether oxygens (including phenoxy) is 5. The van der Waals surface area contributed by atoms with Crippen LogP contribution in [0.25, 0.3) is 0 Å². The summed E-state index contributed by atoms with van der Waals surface area (Å²) in [6.07, 6.45) is 0.194. The molecule has 42 heavy (non-hydrogen) atoms. The molecule has 3 atom stereocenters. The third-order valence-electron chi connectivity index (χ3n) is 7.66. The molecule has 0 aromatic heterocycles. The maximum Gasteiger partial charge on any atom is 0.142 e. The summed E-state index contributed by atoms with van der Waals surface area (Å²) in [5.41, 5.74) is 3.95. The molecule has 2 heterocycles. The highest BCUT2D eigenvalue weighted by atomic mass is 19.1. The molecule has 0 spiro atoms. The largest absolute Gasteiger partial charge is 0.491 e. The van der Waals surface area contributed by atoms with Crippen molar-refractivity contribution in [3.8, 4) is 11.5 Å². The Morgan fingerprint density at radius 2 is 1.83 bits per heavy atom. The van der Waals surface area contributed by atoms with E-state index >= 15 is 0 Å². The summed E-state index contributed by atoms with van der Waals surface area (Å²) >= 11 is 0. The van der Waals surface area contributed by atoms with Crippen molar-refractivity contribution in [1.82, 2.24) is 5.32 Å². The third kappa shape index (κ3) is 8.20. The molecule has 2 N–H and O–H groups in total. The number of anilines is 1. The zero-order valence-corrected chi connectivity index (χ0v) is 24.2. The maximum atomic E-state index is 13.3. The van der Waals surface area contributed by atoms with E-state index in [0.717, 1.165) is 60.0 Å². The van der Waals surface area contributed by atoms with Gasteiger partial charge in [-0.1, -0.05) is 30.3 Å². The molecule has 2 aliphatic rings. The van der Waals surface area contributed by atoms with E-state index in [-0.39, 0.29) is 17.8 Å². The van der Waals surface area contributed by atoms with E-state index < -0.39 is 6.10 Å². The topological polar surface area (TPSA) is 81.7 Å². The SMILES string of the molecule is COCCCN1CCOc2ccc(CO[C@H]3CNC[C@@H](O)[C@@H]3c3ccc(OCCOCc4cccc(F)c4)cc3)cc21. The lowest BCUT2D eigenvalue weighted by Crippen LogP contribution is -2.49. The number of piperidine rings is 1. The number of nitrogens with one attached hydrogen (secondary N) is 1. The van der Waals surface area contributed by atoms with Crippen LogP contribution in [0.5, 0.6) is 11.5 Å². The molecule has 226 valence electrons. The molecule has 0 bridgehead atoms. The van der Waals surface area contributed by atoms with Gasteiger partial charge in [0.1, 0.15) is 30.5 Å². The summed E-state index contributed by atoms with van der Waals surface area (Å²) < 4.78 is 42.3. The Hall–Kier alpha value is -3.21. The fraction of sp³-hybridized carbons (Fsp3) is 0.455. The number of fused-ring (bicyclic) bond motifs is 1. The molecule has 9 heteroatoms. The third-order valence-corrected chi connectivity index (χ3v) is 7.66. The van der Waals surface area contributed by atoms with Crippen LogP contribution in [0.15, 0.2) is 66.7 Å². The van der Waals surface area contributed by atoms with Crippen molar-refractivity contribution in [2.45, 2.75) is 37.8 Å². The highest BCUT2D eigenvalue weighted by molar-refractivity contribution is 5.61. The first kappa shape index (κ1) is 30.3. The average molecular weight is 581 g/mol. The molecule has 3 aromatic carbocycles. The summed E-state index contributed by atoms with van der Waals surface area (Å²) in [4.78, 5) is 2.34. The van der Waals surface area contributed by atoms with Crippen LogP contribution in [0.3, 0.4) is 0 Å². The van der Waals surface area contributed by atoms with Crippen LogP contribution in [0.4, 0.5) is 10.1 Å². The number of aliphatic hydroxyl groups is 1. The van der Waals surface area contributed by atoms with E-state index in [2.05, 4.69) is 16.3 Å². The van der Waals surface area contributed by atoms with E-state index in [0.29, 0.717) is 46.1 Å². The molecule has 0 radical (unpaired) electrons. The Bertz CT molecular complexity index is 1260. The molecule has 2 aliphatic heterocycles. The molecule has 1 fully saturated rings. The van der Waals surface area contributed by atoms with Gasteiger partial charge in [0, 0.05) is 39.3 Å². The Labute approximate surface area is 247 Å². The minimum absolute atomic E-state index is 0.165. The number of aliphatic hydroxyl groups excluding tert-OH is 1. The summed E-state index contributed by atoms with van der Waals surface area (Å²) in [6.45, 7) is 5.88. The number of halogens is 1. The quantitative estimate of drug-likeness (QED) is 0.274. The molecular weight excluding hydrogens is 539 g/mol. The molecule has 0 aliphatic carbocycles. The Kier molecular flexibility index (Phi) is 11.0. The van der Waals surface area contributed by atoms with Crippen molar-refractivity contribution in [3.05, 3.63) is 89.2 Å². The fourth-order valence-electron chi connectivity index (χ4n) is 5.54. The van der Waals surface area contributed by atoms with Gasteiger partial charge in [0.15, 0.2) is 0 Å². The summed E-state index contributed by atoms with van der Waals surface area (Å²) in [5.74, 6) is 1.19. The van der Waals surface area contributed by atoms with E-state index in [1.54, 1.807) is 13.2 Å². The Balaban J connectivity index is 1.14. The lowest BCUT2D eigenvalue weighted by Gasteiger charge is -2.36. The first-order chi connectivity index (χ1) is 20.6. The molecule has 0 amide bonds. The van der Waals surface area contributed by atoms with Gasteiger partial charge < -0.3 is 39.0 Å². The van der Waals surface area contributed by atoms with Crippen molar-refractivity contribution in [2.24, 2.45) is 0 Å². The zero-order valence-electron chi connectivity index (χ0n) is 24.2. The number of β-amino-alcohol motifs (C(OH)–C–C–N with tert-alkyl or cyclic N) is 1. The van der Waals surface area contributed by atoms with Crippen LogP contribution < -0.4 is 19.7 Å². The van der Waals surface area contributed by atoms with Crippen molar-refractivity contribution < 1.29 is 33.2 Å². The van der Waals surface area contributed by atoms with Crippen LogP contribution in [0, 0.1) is 5.82 Å². The van der Waals surface area contributed by atoms with Crippen molar-refractivity contribution in [2.75, 3.05) is 64.6 Å². The number of hydrogen-bond donors (Lipinski definition) is 2. The van der Waals surface area contributed by atoms with Gasteiger partial charge in [-0.3, -0.25) is 0 Å². The Morgan fingerprint density at radius 3 is 2.67 bits per heavy atom. The molecule has 1 saturated heterocycles. The smallest absolute Gasteiger partial charge is 0.142 e. The van der Waals surface area contributed by atoms with Crippen molar-refractivity contribution in [1.29, 1.82) is 0 Å². The zero-order chi connectivity index (χ0) is 29.1. The van der Waals surface area contributed by atoms with Gasteiger partial charge in [-0.05, 0) is 59.5 Å². The number of benzene rings is 3. The highest BCUT2D eigenvalue weighted by Crippen LogP contribution is 2.34. The number of rotatable bonds is 14. The maximum absolute atomic E-state index is 13.3. The normalized spacial score (nSPS) is 20.2. The lowest BCUT2D eigenvalue weighted by molar-refractivity contribution is -0.0328. The monoisotopic (exact) mass is 580 g/mol. The molecule has 3 aromatic rings. The highest BCUT2D eigenvalue weighted by Gasteiger charge is 2.34. The number of methoxy groups -OCH3 is 1. The second kappa shape index (κ2) is 15.3. The van der Waals surface area contributed by atoms with Gasteiger partial charge in [-0.25, -0.2) is 4.39 Å². The van der Waals surface area contributed by atoms with Gasteiger partial charge >= 0.3 is 0 Å². The molecular formula is C33H41FN2O6. The minimum Gasteiger partial charge on any atom is -0.491 e. The minimum atomic E-state index is -0.569. The van der Waals surface area contributed by atoms with Crippen LogP contribution in [-0.2, 0) is 27.4 Å². The van der Waals surface area contributed by atoms with Gasteiger partial charge in [0.25, 0.3) is 0 Å². The van der Waals surface area contributed by atoms with Crippen LogP contribution >= 0.6 is 0 Å². The molecule has 5 rings (SSSR count). The van der Waals surface area contributed by atoms with Gasteiger partial charge in [-0.2, -0.15) is 0 Å². The van der Waals surface area contributed by atoms with Gasteiger partial charge in [-0.15, -0.1) is 0 Å². The standard InChI is InChI=1S/C33H41FN2O6/c1-38-14-3-12-36-13-15-41-31-11-6-25(19-29(31)36)23-42-32-21-35-20-30(37)33(32)26-7-9-28(10-8-26)40-17-16-39-22-24-4-2-5-27(34)18-24/h2,4-11,18-19,30,32-33,35,37H,3,12-17,20-23H2,1H3/t30-,32+,33+/m1/s1. The first-order valence-corrected chi connectivity index (χ1v) is 14.7.